The Morgan fingerprint density at radius 1 is 1.12 bits per heavy atom. The molecule has 0 aliphatic heterocycles. The largest absolute Gasteiger partial charge is 0.612 e. The molecule has 0 saturated heterocycles. The van der Waals surface area contributed by atoms with E-state index in [0.717, 1.165) is 5.69 Å². The molecule has 1 aromatic heterocycles. The number of aliphatic hydroxyl groups excluding tert-OH is 1. The molecule has 1 aromatic carbocycles. The number of nitrogens with one attached hydrogen (secondary N) is 3. The molecule has 12 heteroatoms. The number of nitrogen functional groups attached to an aromatic ring is 1. The number of aromatic nitrogens is 1. The molecule has 34 heavy (non-hydrogen) atoms. The summed E-state index contributed by atoms with van der Waals surface area (Å²) in [4.78, 5) is 4.10. The number of hydrogen-bond acceptors (Lipinski definition) is 11. The molecule has 1 heterocycles. The lowest BCUT2D eigenvalue weighted by atomic mass is 10.1. The van der Waals surface area contributed by atoms with Crippen molar-refractivity contribution in [1.29, 1.82) is 0 Å². The lowest BCUT2D eigenvalue weighted by Crippen LogP contribution is -2.20. The Hall–Kier alpha value is -4.29. The number of nitrogens with two attached hydrogens (primary N) is 2. The maximum Gasteiger partial charge on any atom is 0.224 e. The van der Waals surface area contributed by atoms with E-state index in [4.69, 9.17) is 21.3 Å². The summed E-state index contributed by atoms with van der Waals surface area (Å²) in [6.45, 7) is 2.75. The van der Waals surface area contributed by atoms with Crippen LogP contribution in [0.4, 0.5) is 28.7 Å². The van der Waals surface area contributed by atoms with Crippen LogP contribution in [0.1, 0.15) is 5.56 Å². The second-order valence-corrected chi connectivity index (χ2v) is 7.20. The summed E-state index contributed by atoms with van der Waals surface area (Å²) < 4.78 is 5.30. The highest BCUT2D eigenvalue weighted by Crippen LogP contribution is 2.34. The van der Waals surface area contributed by atoms with Gasteiger partial charge >= 0.3 is 0 Å². The SMILES string of the molecule is Cc1c(N)c(Nc2ccccc2)nc(NCCOCCO)c1NN=C1C=CC(=[N+]([O-])[O-])C=C1N. The number of hydrazone groups is 1. The Labute approximate surface area is 196 Å². The van der Waals surface area contributed by atoms with Crippen LogP contribution >= 0.6 is 0 Å². The van der Waals surface area contributed by atoms with Crippen molar-refractivity contribution in [3.63, 3.8) is 0 Å². The van der Waals surface area contributed by atoms with Crippen LogP contribution in [-0.2, 0) is 4.74 Å². The van der Waals surface area contributed by atoms with Crippen molar-refractivity contribution in [1.82, 2.24) is 4.98 Å². The first-order valence-corrected chi connectivity index (χ1v) is 10.5. The molecule has 180 valence electrons. The van der Waals surface area contributed by atoms with Gasteiger partial charge in [0, 0.05) is 29.9 Å². The molecule has 0 spiro atoms. The molecule has 0 amide bonds. The van der Waals surface area contributed by atoms with Crippen molar-refractivity contribution < 1.29 is 14.7 Å². The zero-order valence-electron chi connectivity index (χ0n) is 18.6. The summed E-state index contributed by atoms with van der Waals surface area (Å²) in [5.41, 5.74) is 18.0. The molecule has 3 rings (SSSR count). The van der Waals surface area contributed by atoms with E-state index in [1.54, 1.807) is 0 Å². The summed E-state index contributed by atoms with van der Waals surface area (Å²) in [5.74, 6) is 0.921. The first-order chi connectivity index (χ1) is 16.4. The van der Waals surface area contributed by atoms with Crippen molar-refractivity contribution >= 4 is 40.1 Å². The molecule has 0 atom stereocenters. The minimum absolute atomic E-state index is 0.0628. The van der Waals surface area contributed by atoms with Crippen molar-refractivity contribution in [2.24, 2.45) is 10.8 Å². The number of anilines is 5. The highest BCUT2D eigenvalue weighted by atomic mass is 16.8. The number of benzene rings is 1. The van der Waals surface area contributed by atoms with Crippen molar-refractivity contribution in [3.05, 3.63) is 70.2 Å². The van der Waals surface area contributed by atoms with Gasteiger partial charge in [0.25, 0.3) is 0 Å². The smallest absolute Gasteiger partial charge is 0.224 e. The number of para-hydroxylation sites is 1. The first kappa shape index (κ1) is 24.4. The lowest BCUT2D eigenvalue weighted by Gasteiger charge is -2.19. The van der Waals surface area contributed by atoms with Crippen LogP contribution in [0.3, 0.4) is 0 Å². The molecule has 12 nitrogen and oxygen atoms in total. The number of hydrogen-bond donors (Lipinski definition) is 6. The Bertz CT molecular complexity index is 1130. The molecule has 2 aromatic rings. The number of ether oxygens (including phenoxy) is 1. The van der Waals surface area contributed by atoms with E-state index in [2.05, 4.69) is 26.1 Å². The lowest BCUT2D eigenvalue weighted by molar-refractivity contribution is -0.377. The van der Waals surface area contributed by atoms with E-state index in [1.807, 2.05) is 37.3 Å². The molecular weight excluding hydrogens is 440 g/mol. The van der Waals surface area contributed by atoms with Crippen molar-refractivity contribution in [3.8, 4) is 0 Å². The van der Waals surface area contributed by atoms with E-state index in [0.29, 0.717) is 47.4 Å². The van der Waals surface area contributed by atoms with E-state index in [1.165, 1.54) is 18.2 Å². The number of nitrogens with zero attached hydrogens (tertiary/aromatic N) is 3. The zero-order chi connectivity index (χ0) is 24.5. The zero-order valence-corrected chi connectivity index (χ0v) is 18.6. The molecule has 0 bridgehead atoms. The maximum absolute atomic E-state index is 10.9. The van der Waals surface area contributed by atoms with Gasteiger partial charge in [-0.1, -0.05) is 18.2 Å². The predicted octanol–water partition coefficient (Wildman–Crippen LogP) is 1.77. The number of rotatable bonds is 10. The molecule has 1 aliphatic carbocycles. The standard InChI is InChI=1S/C22H27N8O4/c1-14-19(24)21(26-15-5-3-2-4-6-15)27-22(25-9-11-34-12-10-31)20(14)29-28-18-8-7-16(30(32)33)13-17(18)23/h2-8,13,29,31H,9-12,23-24H2,1H3,(H2-,25,26,27,32,33)/q-1. The van der Waals surface area contributed by atoms with Gasteiger partial charge in [-0.15, -0.1) is 0 Å². The third kappa shape index (κ3) is 6.15. The normalized spacial score (nSPS) is 14.1. The van der Waals surface area contributed by atoms with Crippen LogP contribution in [0.25, 0.3) is 0 Å². The van der Waals surface area contributed by atoms with Gasteiger partial charge in [0.1, 0.15) is 11.4 Å². The van der Waals surface area contributed by atoms with Crippen LogP contribution < -0.4 is 27.5 Å². The Morgan fingerprint density at radius 3 is 2.56 bits per heavy atom. The highest BCUT2D eigenvalue weighted by molar-refractivity contribution is 6.19. The number of pyridine rings is 1. The summed E-state index contributed by atoms with van der Waals surface area (Å²) in [6.07, 6.45) is 4.01. The topological polar surface area (TPSA) is 192 Å². The minimum atomic E-state index is -0.526. The fourth-order valence-electron chi connectivity index (χ4n) is 3.02. The summed E-state index contributed by atoms with van der Waals surface area (Å²) in [6, 6.07) is 9.49. The second kappa shape index (κ2) is 11.5. The van der Waals surface area contributed by atoms with Crippen LogP contribution in [0.5, 0.6) is 0 Å². The quantitative estimate of drug-likeness (QED) is 0.130. The van der Waals surface area contributed by atoms with E-state index >= 15 is 0 Å². The van der Waals surface area contributed by atoms with E-state index in [-0.39, 0.29) is 24.6 Å². The molecule has 0 fully saturated rings. The van der Waals surface area contributed by atoms with Gasteiger partial charge in [0.05, 0.1) is 31.2 Å². The van der Waals surface area contributed by atoms with Crippen molar-refractivity contribution in [2.45, 2.75) is 6.92 Å². The van der Waals surface area contributed by atoms with Gasteiger partial charge < -0.3 is 42.4 Å². The third-order valence-corrected chi connectivity index (χ3v) is 4.82. The van der Waals surface area contributed by atoms with Crippen LogP contribution in [-0.4, -0.2) is 52.8 Å². The molecule has 0 radical (unpaired) electrons. The predicted molar refractivity (Wildman–Crippen MR) is 134 cm³/mol. The average molecular weight is 468 g/mol. The van der Waals surface area contributed by atoms with Crippen LogP contribution in [0, 0.1) is 17.3 Å². The van der Waals surface area contributed by atoms with E-state index in [9.17, 15) is 10.4 Å². The van der Waals surface area contributed by atoms with Crippen LogP contribution in [0.15, 0.2) is 59.4 Å². The monoisotopic (exact) mass is 467 g/mol. The molecular formula is C22H27N8O4-. The molecule has 0 unspecified atom stereocenters. The minimum Gasteiger partial charge on any atom is -0.612 e. The number of allylic oxidation sites excluding steroid dienone is 3. The summed E-state index contributed by atoms with van der Waals surface area (Å²) >= 11 is 0. The summed E-state index contributed by atoms with van der Waals surface area (Å²) in [5, 5.41) is 41.4. The molecule has 8 N–H and O–H groups in total. The number of aliphatic hydroxyl groups is 1. The average Bonchev–Trinajstić information content (AvgIpc) is 2.83. The fraction of sp³-hybridized carbons (Fsp3) is 0.227. The molecule has 1 aliphatic rings. The van der Waals surface area contributed by atoms with Gasteiger partial charge in [-0.3, -0.25) is 5.43 Å². The van der Waals surface area contributed by atoms with Gasteiger partial charge in [-0.2, -0.15) is 10.0 Å². The Morgan fingerprint density at radius 2 is 1.88 bits per heavy atom. The van der Waals surface area contributed by atoms with Crippen LogP contribution in [0.2, 0.25) is 0 Å². The van der Waals surface area contributed by atoms with Gasteiger partial charge in [0.2, 0.25) is 5.71 Å². The second-order valence-electron chi connectivity index (χ2n) is 7.20. The Kier molecular flexibility index (Phi) is 8.26. The van der Waals surface area contributed by atoms with Gasteiger partial charge in [-0.05, 0) is 25.1 Å². The van der Waals surface area contributed by atoms with Gasteiger partial charge in [-0.25, -0.2) is 4.98 Å². The van der Waals surface area contributed by atoms with Gasteiger partial charge in [0.15, 0.2) is 11.6 Å². The van der Waals surface area contributed by atoms with E-state index < -0.39 is 4.90 Å². The summed E-state index contributed by atoms with van der Waals surface area (Å²) in [7, 11) is 0. The molecule has 0 saturated carbocycles. The first-order valence-electron chi connectivity index (χ1n) is 10.5. The Balaban J connectivity index is 1.89. The van der Waals surface area contributed by atoms with Crippen molar-refractivity contribution in [2.75, 3.05) is 48.2 Å². The third-order valence-electron chi connectivity index (χ3n) is 4.82. The maximum atomic E-state index is 10.9. The fourth-order valence-corrected chi connectivity index (χ4v) is 3.02. The highest BCUT2D eigenvalue weighted by Gasteiger charge is 2.17.